The van der Waals surface area contributed by atoms with Crippen LogP contribution in [-0.2, 0) is 0 Å². The lowest BCUT2D eigenvalue weighted by Crippen LogP contribution is -2.09. The van der Waals surface area contributed by atoms with Gasteiger partial charge in [-0.25, -0.2) is 0 Å². The van der Waals surface area contributed by atoms with Crippen LogP contribution in [0.15, 0.2) is 0 Å². The zero-order valence-corrected chi connectivity index (χ0v) is 8.55. The molecule has 0 saturated heterocycles. The van der Waals surface area contributed by atoms with Gasteiger partial charge in [0.15, 0.2) is 0 Å². The first kappa shape index (κ1) is 10.0. The predicted molar refractivity (Wildman–Crippen MR) is 54.0 cm³/mol. The zero-order valence-electron chi connectivity index (χ0n) is 8.55. The van der Waals surface area contributed by atoms with Crippen LogP contribution >= 0.6 is 0 Å². The molecule has 0 aromatic carbocycles. The van der Waals surface area contributed by atoms with Crippen molar-refractivity contribution in [1.29, 1.82) is 0 Å². The summed E-state index contributed by atoms with van der Waals surface area (Å²) in [6.07, 6.45) is 6.96. The molecule has 0 aromatic rings. The maximum atomic E-state index is 5.65. The highest BCUT2D eigenvalue weighted by molar-refractivity contribution is 4.91. The summed E-state index contributed by atoms with van der Waals surface area (Å²) in [4.78, 5) is 0. The Morgan fingerprint density at radius 3 is 2.17 bits per heavy atom. The van der Waals surface area contributed by atoms with Crippen LogP contribution in [0.1, 0.15) is 46.0 Å². The van der Waals surface area contributed by atoms with Crippen LogP contribution < -0.4 is 5.73 Å². The fourth-order valence-corrected chi connectivity index (χ4v) is 2.43. The molecular weight excluding hydrogens is 146 g/mol. The van der Waals surface area contributed by atoms with Crippen LogP contribution in [0.25, 0.3) is 0 Å². The summed E-state index contributed by atoms with van der Waals surface area (Å²) in [6, 6.07) is 0. The van der Waals surface area contributed by atoms with Crippen molar-refractivity contribution in [3.8, 4) is 0 Å². The zero-order chi connectivity index (χ0) is 8.97. The van der Waals surface area contributed by atoms with E-state index in [1.54, 1.807) is 0 Å². The second kappa shape index (κ2) is 4.86. The van der Waals surface area contributed by atoms with Crippen molar-refractivity contribution in [2.75, 3.05) is 6.54 Å². The fraction of sp³-hybridized carbons (Fsp3) is 1.00. The van der Waals surface area contributed by atoms with Crippen LogP contribution in [0.4, 0.5) is 0 Å². The van der Waals surface area contributed by atoms with E-state index in [1.807, 2.05) is 0 Å². The number of rotatable bonds is 6. The van der Waals surface area contributed by atoms with Crippen molar-refractivity contribution in [2.45, 2.75) is 46.0 Å². The molecule has 1 aliphatic rings. The highest BCUT2D eigenvalue weighted by atomic mass is 14.6. The Balaban J connectivity index is 2.24. The van der Waals surface area contributed by atoms with E-state index >= 15 is 0 Å². The number of hydrogen-bond acceptors (Lipinski definition) is 1. The molecule has 0 unspecified atom stereocenters. The van der Waals surface area contributed by atoms with E-state index in [0.29, 0.717) is 0 Å². The highest BCUT2D eigenvalue weighted by Crippen LogP contribution is 2.46. The summed E-state index contributed by atoms with van der Waals surface area (Å²) in [5.74, 6) is 2.87. The minimum atomic E-state index is 0.882. The van der Waals surface area contributed by atoms with Gasteiger partial charge in [-0.05, 0) is 30.7 Å². The summed E-state index contributed by atoms with van der Waals surface area (Å²) in [6.45, 7) is 5.51. The molecule has 12 heavy (non-hydrogen) atoms. The third-order valence-corrected chi connectivity index (χ3v) is 3.20. The van der Waals surface area contributed by atoms with Crippen molar-refractivity contribution in [1.82, 2.24) is 0 Å². The lowest BCUT2D eigenvalue weighted by molar-refractivity contribution is 0.372. The fourth-order valence-electron chi connectivity index (χ4n) is 2.43. The Kier molecular flexibility index (Phi) is 4.07. The average Bonchev–Trinajstić information content (AvgIpc) is 2.83. The Bertz CT molecular complexity index is 116. The minimum absolute atomic E-state index is 0.882. The first-order valence-electron chi connectivity index (χ1n) is 5.53. The van der Waals surface area contributed by atoms with Crippen molar-refractivity contribution in [3.05, 3.63) is 0 Å². The molecule has 1 aliphatic carbocycles. The van der Waals surface area contributed by atoms with E-state index in [-0.39, 0.29) is 0 Å². The standard InChI is InChI=1S/C11H23N/c1-3-5-9(6-4-2)11-7-10(11)8-12/h9-11H,3-8,12H2,1-2H3/t10-,11-/m0/s1. The quantitative estimate of drug-likeness (QED) is 0.650. The van der Waals surface area contributed by atoms with Crippen molar-refractivity contribution in [3.63, 3.8) is 0 Å². The molecule has 0 spiro atoms. The molecule has 0 aliphatic heterocycles. The molecule has 2 N–H and O–H groups in total. The van der Waals surface area contributed by atoms with Crippen molar-refractivity contribution in [2.24, 2.45) is 23.5 Å². The van der Waals surface area contributed by atoms with Gasteiger partial charge in [-0.2, -0.15) is 0 Å². The molecule has 1 nitrogen and oxygen atoms in total. The van der Waals surface area contributed by atoms with Gasteiger partial charge in [0.2, 0.25) is 0 Å². The van der Waals surface area contributed by atoms with Gasteiger partial charge < -0.3 is 5.73 Å². The van der Waals surface area contributed by atoms with Crippen molar-refractivity contribution < 1.29 is 0 Å². The van der Waals surface area contributed by atoms with E-state index in [9.17, 15) is 0 Å². The number of nitrogens with two attached hydrogens (primary N) is 1. The summed E-state index contributed by atoms with van der Waals surface area (Å²) in [7, 11) is 0. The molecule has 1 saturated carbocycles. The third-order valence-electron chi connectivity index (χ3n) is 3.20. The van der Waals surface area contributed by atoms with Gasteiger partial charge in [-0.1, -0.05) is 39.5 Å². The molecule has 72 valence electrons. The van der Waals surface area contributed by atoms with Crippen LogP contribution in [0.5, 0.6) is 0 Å². The Morgan fingerprint density at radius 2 is 1.83 bits per heavy atom. The Labute approximate surface area is 76.7 Å². The first-order chi connectivity index (χ1) is 5.83. The molecule has 1 heteroatoms. The molecule has 1 rings (SSSR count). The van der Waals surface area contributed by atoms with Crippen molar-refractivity contribution >= 4 is 0 Å². The summed E-state index contributed by atoms with van der Waals surface area (Å²) < 4.78 is 0. The Morgan fingerprint density at radius 1 is 1.25 bits per heavy atom. The molecule has 2 atom stereocenters. The summed E-state index contributed by atoms with van der Waals surface area (Å²) in [5.41, 5.74) is 5.65. The van der Waals surface area contributed by atoms with Gasteiger partial charge in [0.05, 0.1) is 0 Å². The van der Waals surface area contributed by atoms with E-state index in [2.05, 4.69) is 13.8 Å². The molecule has 1 fully saturated rings. The highest BCUT2D eigenvalue weighted by Gasteiger charge is 2.40. The molecule has 0 aromatic heterocycles. The Hall–Kier alpha value is -0.0400. The number of hydrogen-bond donors (Lipinski definition) is 1. The summed E-state index contributed by atoms with van der Waals surface area (Å²) >= 11 is 0. The van der Waals surface area contributed by atoms with E-state index in [0.717, 1.165) is 24.3 Å². The second-order valence-electron chi connectivity index (χ2n) is 4.23. The maximum absolute atomic E-state index is 5.65. The molecule has 0 amide bonds. The van der Waals surface area contributed by atoms with Gasteiger partial charge in [-0.15, -0.1) is 0 Å². The van der Waals surface area contributed by atoms with Crippen LogP contribution in [0.3, 0.4) is 0 Å². The van der Waals surface area contributed by atoms with Gasteiger partial charge in [-0.3, -0.25) is 0 Å². The van der Waals surface area contributed by atoms with E-state index in [1.165, 1.54) is 32.1 Å². The summed E-state index contributed by atoms with van der Waals surface area (Å²) in [5, 5.41) is 0. The maximum Gasteiger partial charge on any atom is -0.00460 e. The molecule has 0 radical (unpaired) electrons. The normalized spacial score (nSPS) is 28.0. The lowest BCUT2D eigenvalue weighted by atomic mass is 9.92. The predicted octanol–water partition coefficient (Wildman–Crippen LogP) is 2.80. The van der Waals surface area contributed by atoms with E-state index < -0.39 is 0 Å². The molecular formula is C11H23N. The lowest BCUT2D eigenvalue weighted by Gasteiger charge is -2.14. The smallest absolute Gasteiger partial charge is 0.00460 e. The topological polar surface area (TPSA) is 26.0 Å². The third kappa shape index (κ3) is 2.48. The average molecular weight is 169 g/mol. The van der Waals surface area contributed by atoms with Gasteiger partial charge >= 0.3 is 0 Å². The van der Waals surface area contributed by atoms with Crippen LogP contribution in [0.2, 0.25) is 0 Å². The van der Waals surface area contributed by atoms with Crippen LogP contribution in [-0.4, -0.2) is 6.54 Å². The minimum Gasteiger partial charge on any atom is -0.330 e. The SMILES string of the molecule is CCCC(CCC)[C@@H]1C[C@H]1CN. The molecule has 0 bridgehead atoms. The van der Waals surface area contributed by atoms with Gasteiger partial charge in [0.1, 0.15) is 0 Å². The van der Waals surface area contributed by atoms with E-state index in [4.69, 9.17) is 5.73 Å². The van der Waals surface area contributed by atoms with Gasteiger partial charge in [0, 0.05) is 0 Å². The second-order valence-corrected chi connectivity index (χ2v) is 4.23. The monoisotopic (exact) mass is 169 g/mol. The molecule has 0 heterocycles. The van der Waals surface area contributed by atoms with Crippen LogP contribution in [0, 0.1) is 17.8 Å². The largest absolute Gasteiger partial charge is 0.330 e. The first-order valence-corrected chi connectivity index (χ1v) is 5.53. The van der Waals surface area contributed by atoms with Gasteiger partial charge in [0.25, 0.3) is 0 Å².